The number of thiazole rings is 1. The van der Waals surface area contributed by atoms with Crippen LogP contribution in [0.25, 0.3) is 0 Å². The molecule has 0 bridgehead atoms. The minimum Gasteiger partial charge on any atom is -0.297 e. The first-order valence-corrected chi connectivity index (χ1v) is 6.58. The van der Waals surface area contributed by atoms with Crippen LogP contribution in [-0.4, -0.2) is 4.98 Å². The van der Waals surface area contributed by atoms with Crippen molar-refractivity contribution in [1.82, 2.24) is 10.5 Å². The zero-order valence-corrected chi connectivity index (χ0v) is 10.7. The standard InChI is InChI=1S/C13H16N2OS/c1-2-13-15-12(10-17-13)8-14-16-9-11-6-4-3-5-7-11/h3-7,10,14H,2,8-9H2,1H3. The lowest BCUT2D eigenvalue weighted by molar-refractivity contribution is 0.0229. The van der Waals surface area contributed by atoms with Crippen molar-refractivity contribution < 1.29 is 4.84 Å². The smallest absolute Gasteiger partial charge is 0.0933 e. The van der Waals surface area contributed by atoms with Crippen LogP contribution >= 0.6 is 11.3 Å². The van der Waals surface area contributed by atoms with Crippen LogP contribution in [0, 0.1) is 0 Å². The third kappa shape index (κ3) is 3.93. The number of aromatic nitrogens is 1. The van der Waals surface area contributed by atoms with E-state index in [1.165, 1.54) is 5.01 Å². The maximum absolute atomic E-state index is 5.38. The van der Waals surface area contributed by atoms with Gasteiger partial charge in [0.2, 0.25) is 0 Å². The van der Waals surface area contributed by atoms with Gasteiger partial charge in [0.1, 0.15) is 0 Å². The van der Waals surface area contributed by atoms with E-state index in [4.69, 9.17) is 4.84 Å². The Morgan fingerprint density at radius 1 is 1.29 bits per heavy atom. The second kappa shape index (κ2) is 6.49. The number of benzene rings is 1. The van der Waals surface area contributed by atoms with Crippen LogP contribution in [0.1, 0.15) is 23.2 Å². The molecule has 0 saturated heterocycles. The van der Waals surface area contributed by atoms with Crippen molar-refractivity contribution in [3.63, 3.8) is 0 Å². The highest BCUT2D eigenvalue weighted by atomic mass is 32.1. The van der Waals surface area contributed by atoms with Gasteiger partial charge >= 0.3 is 0 Å². The first kappa shape index (κ1) is 12.2. The zero-order chi connectivity index (χ0) is 11.9. The highest BCUT2D eigenvalue weighted by Crippen LogP contribution is 2.09. The Morgan fingerprint density at radius 3 is 2.82 bits per heavy atom. The molecular weight excluding hydrogens is 232 g/mol. The topological polar surface area (TPSA) is 34.2 Å². The van der Waals surface area contributed by atoms with E-state index in [2.05, 4.69) is 22.8 Å². The van der Waals surface area contributed by atoms with E-state index in [1.807, 2.05) is 30.3 Å². The van der Waals surface area contributed by atoms with Crippen LogP contribution in [0.4, 0.5) is 0 Å². The van der Waals surface area contributed by atoms with Crippen molar-refractivity contribution in [2.75, 3.05) is 0 Å². The summed E-state index contributed by atoms with van der Waals surface area (Å²) in [6, 6.07) is 10.1. The lowest BCUT2D eigenvalue weighted by atomic mass is 10.2. The van der Waals surface area contributed by atoms with E-state index in [9.17, 15) is 0 Å². The highest BCUT2D eigenvalue weighted by Gasteiger charge is 1.99. The fourth-order valence-electron chi connectivity index (χ4n) is 1.43. The van der Waals surface area contributed by atoms with E-state index >= 15 is 0 Å². The number of hydrogen-bond donors (Lipinski definition) is 1. The summed E-state index contributed by atoms with van der Waals surface area (Å²) < 4.78 is 0. The molecule has 1 N–H and O–H groups in total. The Labute approximate surface area is 105 Å². The fourth-order valence-corrected chi connectivity index (χ4v) is 2.17. The summed E-state index contributed by atoms with van der Waals surface area (Å²) in [7, 11) is 0. The van der Waals surface area contributed by atoms with Gasteiger partial charge in [0.05, 0.1) is 23.9 Å². The average Bonchev–Trinajstić information content (AvgIpc) is 2.84. The molecule has 2 rings (SSSR count). The molecule has 1 aromatic carbocycles. The predicted octanol–water partition coefficient (Wildman–Crippen LogP) is 2.93. The van der Waals surface area contributed by atoms with Gasteiger partial charge in [-0.15, -0.1) is 11.3 Å². The normalized spacial score (nSPS) is 10.6. The van der Waals surface area contributed by atoms with E-state index in [0.717, 1.165) is 17.7 Å². The summed E-state index contributed by atoms with van der Waals surface area (Å²) in [5, 5.41) is 3.24. The minimum atomic E-state index is 0.575. The SMILES string of the molecule is CCc1nc(CNOCc2ccccc2)cs1. The second-order valence-electron chi connectivity index (χ2n) is 3.68. The van der Waals surface area contributed by atoms with E-state index in [0.29, 0.717) is 13.2 Å². The Morgan fingerprint density at radius 2 is 2.12 bits per heavy atom. The van der Waals surface area contributed by atoms with Crippen LogP contribution in [0.3, 0.4) is 0 Å². The average molecular weight is 248 g/mol. The molecule has 0 fully saturated rings. The first-order chi connectivity index (χ1) is 8.38. The maximum atomic E-state index is 5.38. The van der Waals surface area contributed by atoms with E-state index in [-0.39, 0.29) is 0 Å². The summed E-state index contributed by atoms with van der Waals surface area (Å²) in [4.78, 5) is 9.83. The largest absolute Gasteiger partial charge is 0.297 e. The lowest BCUT2D eigenvalue weighted by Crippen LogP contribution is -2.14. The van der Waals surface area contributed by atoms with Gasteiger partial charge in [-0.1, -0.05) is 37.3 Å². The third-order valence-electron chi connectivity index (χ3n) is 2.34. The van der Waals surface area contributed by atoms with Gasteiger partial charge in [0.15, 0.2) is 0 Å². The summed E-state index contributed by atoms with van der Waals surface area (Å²) in [5.41, 5.74) is 5.13. The number of rotatable bonds is 6. The van der Waals surface area contributed by atoms with E-state index in [1.54, 1.807) is 11.3 Å². The molecule has 17 heavy (non-hydrogen) atoms. The molecule has 0 aliphatic carbocycles. The molecule has 0 atom stereocenters. The van der Waals surface area contributed by atoms with Crippen molar-refractivity contribution in [3.05, 3.63) is 52.0 Å². The Bertz CT molecular complexity index is 442. The molecule has 0 radical (unpaired) electrons. The third-order valence-corrected chi connectivity index (χ3v) is 3.38. The molecule has 0 spiro atoms. The summed E-state index contributed by atoms with van der Waals surface area (Å²) in [5.74, 6) is 0. The van der Waals surface area contributed by atoms with Crippen molar-refractivity contribution >= 4 is 11.3 Å². The quantitative estimate of drug-likeness (QED) is 0.630. The van der Waals surface area contributed by atoms with Gasteiger partial charge in [-0.05, 0) is 12.0 Å². The van der Waals surface area contributed by atoms with Crippen LogP contribution in [0.15, 0.2) is 35.7 Å². The van der Waals surface area contributed by atoms with Gasteiger partial charge in [-0.2, -0.15) is 5.48 Å². The first-order valence-electron chi connectivity index (χ1n) is 5.70. The molecule has 0 saturated carbocycles. The molecule has 0 aliphatic rings. The zero-order valence-electron chi connectivity index (χ0n) is 9.85. The molecular formula is C13H16N2OS. The van der Waals surface area contributed by atoms with Crippen LogP contribution in [-0.2, 0) is 24.4 Å². The molecule has 2 aromatic rings. The van der Waals surface area contributed by atoms with Crippen molar-refractivity contribution in [2.24, 2.45) is 0 Å². The van der Waals surface area contributed by atoms with Crippen molar-refractivity contribution in [3.8, 4) is 0 Å². The van der Waals surface area contributed by atoms with Gasteiger partial charge in [0, 0.05) is 5.38 Å². The van der Waals surface area contributed by atoms with Crippen LogP contribution in [0.2, 0.25) is 0 Å². The highest BCUT2D eigenvalue weighted by molar-refractivity contribution is 7.09. The molecule has 4 heteroatoms. The van der Waals surface area contributed by atoms with Crippen molar-refractivity contribution in [1.29, 1.82) is 0 Å². The van der Waals surface area contributed by atoms with Crippen LogP contribution < -0.4 is 5.48 Å². The summed E-state index contributed by atoms with van der Waals surface area (Å²) >= 11 is 1.70. The summed E-state index contributed by atoms with van der Waals surface area (Å²) in [6.45, 7) is 3.34. The second-order valence-corrected chi connectivity index (χ2v) is 4.62. The lowest BCUT2D eigenvalue weighted by Gasteiger charge is -2.04. The van der Waals surface area contributed by atoms with Crippen LogP contribution in [0.5, 0.6) is 0 Å². The molecule has 1 heterocycles. The predicted molar refractivity (Wildman–Crippen MR) is 69.6 cm³/mol. The number of hydrogen-bond acceptors (Lipinski definition) is 4. The minimum absolute atomic E-state index is 0.575. The Hall–Kier alpha value is -1.23. The van der Waals surface area contributed by atoms with E-state index < -0.39 is 0 Å². The number of nitrogens with zero attached hydrogens (tertiary/aromatic N) is 1. The number of nitrogens with one attached hydrogen (secondary N) is 1. The molecule has 0 amide bonds. The van der Waals surface area contributed by atoms with Gasteiger partial charge in [0.25, 0.3) is 0 Å². The summed E-state index contributed by atoms with van der Waals surface area (Å²) in [6.07, 6.45) is 0.996. The van der Waals surface area contributed by atoms with Gasteiger partial charge < -0.3 is 0 Å². The maximum Gasteiger partial charge on any atom is 0.0933 e. The van der Waals surface area contributed by atoms with Gasteiger partial charge in [-0.25, -0.2) is 4.98 Å². The molecule has 1 aromatic heterocycles. The van der Waals surface area contributed by atoms with Gasteiger partial charge in [-0.3, -0.25) is 4.84 Å². The number of aryl methyl sites for hydroxylation is 1. The number of hydroxylamine groups is 1. The molecule has 0 aliphatic heterocycles. The Kier molecular flexibility index (Phi) is 4.67. The molecule has 3 nitrogen and oxygen atoms in total. The Balaban J connectivity index is 1.69. The fraction of sp³-hybridized carbons (Fsp3) is 0.308. The monoisotopic (exact) mass is 248 g/mol. The molecule has 90 valence electrons. The molecule has 0 unspecified atom stereocenters. The van der Waals surface area contributed by atoms with Crippen molar-refractivity contribution in [2.45, 2.75) is 26.5 Å².